The zero-order valence-corrected chi connectivity index (χ0v) is 20.6. The van der Waals surface area contributed by atoms with E-state index in [2.05, 4.69) is 10.5 Å². The highest BCUT2D eigenvalue weighted by Crippen LogP contribution is 2.28. The Bertz CT molecular complexity index is 1390. The van der Waals surface area contributed by atoms with E-state index in [9.17, 15) is 9.59 Å². The van der Waals surface area contributed by atoms with Crippen LogP contribution in [0.4, 0.5) is 0 Å². The summed E-state index contributed by atoms with van der Waals surface area (Å²) in [4.78, 5) is 24.5. The number of methoxy groups -OCH3 is 1. The first-order valence-corrected chi connectivity index (χ1v) is 11.7. The monoisotopic (exact) mass is 514 g/mol. The van der Waals surface area contributed by atoms with Crippen molar-refractivity contribution in [3.8, 4) is 28.4 Å². The Hall–Kier alpha value is -4.62. The molecular formula is C29H23ClN2O5. The maximum atomic E-state index is 12.4. The molecule has 0 aliphatic rings. The van der Waals surface area contributed by atoms with E-state index in [4.69, 9.17) is 25.8 Å². The quantitative estimate of drug-likeness (QED) is 0.133. The molecule has 1 N–H and O–H groups in total. The Morgan fingerprint density at radius 3 is 2.27 bits per heavy atom. The van der Waals surface area contributed by atoms with E-state index in [0.29, 0.717) is 27.6 Å². The second-order valence-electron chi connectivity index (χ2n) is 7.78. The molecule has 0 atom stereocenters. The first-order chi connectivity index (χ1) is 18.0. The van der Waals surface area contributed by atoms with Crippen molar-refractivity contribution in [1.29, 1.82) is 0 Å². The van der Waals surface area contributed by atoms with E-state index >= 15 is 0 Å². The van der Waals surface area contributed by atoms with Crippen molar-refractivity contribution in [3.63, 3.8) is 0 Å². The van der Waals surface area contributed by atoms with E-state index in [-0.39, 0.29) is 12.4 Å². The van der Waals surface area contributed by atoms with Crippen LogP contribution in [-0.4, -0.2) is 31.8 Å². The van der Waals surface area contributed by atoms with Crippen LogP contribution < -0.4 is 19.6 Å². The van der Waals surface area contributed by atoms with Crippen LogP contribution in [0.2, 0.25) is 5.02 Å². The summed E-state index contributed by atoms with van der Waals surface area (Å²) < 4.78 is 16.3. The van der Waals surface area contributed by atoms with Gasteiger partial charge in [-0.3, -0.25) is 4.79 Å². The first kappa shape index (κ1) is 25.5. The number of carbonyl (C=O) groups excluding carboxylic acids is 2. The molecule has 4 rings (SSSR count). The van der Waals surface area contributed by atoms with Crippen LogP contribution in [0.3, 0.4) is 0 Å². The molecule has 0 aliphatic heterocycles. The molecule has 1 amide bonds. The van der Waals surface area contributed by atoms with Crippen LogP contribution in [0.15, 0.2) is 102 Å². The molecule has 0 bridgehead atoms. The molecule has 0 radical (unpaired) electrons. The van der Waals surface area contributed by atoms with Crippen molar-refractivity contribution in [1.82, 2.24) is 5.43 Å². The molecular weight excluding hydrogens is 492 g/mol. The van der Waals surface area contributed by atoms with Crippen molar-refractivity contribution in [2.24, 2.45) is 5.10 Å². The van der Waals surface area contributed by atoms with Crippen LogP contribution in [0.5, 0.6) is 17.2 Å². The lowest BCUT2D eigenvalue weighted by molar-refractivity contribution is -0.123. The van der Waals surface area contributed by atoms with Gasteiger partial charge in [0.1, 0.15) is 5.75 Å². The molecule has 4 aromatic rings. The fraction of sp³-hybridized carbons (Fsp3) is 0.0690. The van der Waals surface area contributed by atoms with Gasteiger partial charge in [-0.15, -0.1) is 0 Å². The lowest BCUT2D eigenvalue weighted by Crippen LogP contribution is -2.24. The number of benzene rings is 4. The first-order valence-electron chi connectivity index (χ1n) is 11.3. The average molecular weight is 515 g/mol. The minimum absolute atomic E-state index is 0.190. The molecule has 186 valence electrons. The van der Waals surface area contributed by atoms with Gasteiger partial charge < -0.3 is 14.2 Å². The fourth-order valence-corrected chi connectivity index (χ4v) is 3.45. The molecule has 0 aromatic heterocycles. The van der Waals surface area contributed by atoms with Crippen molar-refractivity contribution >= 4 is 29.7 Å². The number of hydrogen-bond acceptors (Lipinski definition) is 6. The molecule has 0 saturated carbocycles. The minimum atomic E-state index is -0.543. The Kier molecular flexibility index (Phi) is 8.52. The zero-order valence-electron chi connectivity index (χ0n) is 19.9. The van der Waals surface area contributed by atoms with Gasteiger partial charge in [0.15, 0.2) is 18.1 Å². The van der Waals surface area contributed by atoms with Gasteiger partial charge in [0.05, 0.1) is 18.9 Å². The third-order valence-corrected chi connectivity index (χ3v) is 5.46. The van der Waals surface area contributed by atoms with Gasteiger partial charge in [0.25, 0.3) is 5.91 Å². The molecule has 0 spiro atoms. The van der Waals surface area contributed by atoms with Gasteiger partial charge >= 0.3 is 5.97 Å². The van der Waals surface area contributed by atoms with Gasteiger partial charge in [-0.1, -0.05) is 54.1 Å². The van der Waals surface area contributed by atoms with Crippen LogP contribution in [0.1, 0.15) is 15.9 Å². The summed E-state index contributed by atoms with van der Waals surface area (Å²) in [6.45, 7) is -0.190. The number of hydrogen-bond donors (Lipinski definition) is 1. The van der Waals surface area contributed by atoms with Gasteiger partial charge in [-0.2, -0.15) is 5.10 Å². The van der Waals surface area contributed by atoms with E-state index < -0.39 is 11.9 Å². The molecule has 37 heavy (non-hydrogen) atoms. The normalized spacial score (nSPS) is 10.6. The summed E-state index contributed by atoms with van der Waals surface area (Å²) in [6, 6.07) is 28.7. The number of hydrazone groups is 1. The summed E-state index contributed by atoms with van der Waals surface area (Å²) >= 11 is 5.86. The summed E-state index contributed by atoms with van der Waals surface area (Å²) in [5.74, 6) is 0.199. The Labute approximate surface area is 219 Å². The van der Waals surface area contributed by atoms with Crippen molar-refractivity contribution in [2.75, 3.05) is 13.7 Å². The van der Waals surface area contributed by atoms with Crippen LogP contribution in [0.25, 0.3) is 11.1 Å². The molecule has 7 nitrogen and oxygen atoms in total. The predicted octanol–water partition coefficient (Wildman–Crippen LogP) is 5.76. The second kappa shape index (κ2) is 12.4. The second-order valence-corrected chi connectivity index (χ2v) is 8.22. The van der Waals surface area contributed by atoms with Crippen LogP contribution in [0, 0.1) is 0 Å². The number of carbonyl (C=O) groups is 2. The smallest absolute Gasteiger partial charge is 0.343 e. The Morgan fingerprint density at radius 1 is 0.865 bits per heavy atom. The average Bonchev–Trinajstić information content (AvgIpc) is 2.93. The number of amides is 1. The van der Waals surface area contributed by atoms with E-state index in [1.54, 1.807) is 42.5 Å². The third-order valence-electron chi connectivity index (χ3n) is 5.20. The molecule has 0 aliphatic carbocycles. The fourth-order valence-electron chi connectivity index (χ4n) is 3.33. The lowest BCUT2D eigenvalue weighted by Gasteiger charge is -2.10. The maximum absolute atomic E-state index is 12.4. The molecule has 0 unspecified atom stereocenters. The van der Waals surface area contributed by atoms with Gasteiger partial charge in [0, 0.05) is 5.02 Å². The molecule has 0 fully saturated rings. The SMILES string of the molecule is COc1cc(/C=N\NC(=O)COc2ccc(-c3ccccc3)cc2)ccc1OC(=O)c1ccc(Cl)cc1. The standard InChI is InChI=1S/C29H23ClN2O5/c1-35-27-17-20(7-16-26(27)37-29(34)23-8-12-24(30)13-9-23)18-31-32-28(33)19-36-25-14-10-22(11-15-25)21-5-3-2-4-6-21/h2-18H,19H2,1H3,(H,32,33)/b31-18-. The van der Waals surface area contributed by atoms with E-state index in [1.165, 1.54) is 13.3 Å². The summed E-state index contributed by atoms with van der Waals surface area (Å²) in [6.07, 6.45) is 1.44. The lowest BCUT2D eigenvalue weighted by atomic mass is 10.1. The molecule has 8 heteroatoms. The van der Waals surface area contributed by atoms with Crippen molar-refractivity contribution in [3.05, 3.63) is 113 Å². The third kappa shape index (κ3) is 7.19. The predicted molar refractivity (Wildman–Crippen MR) is 143 cm³/mol. The molecule has 4 aromatic carbocycles. The number of halogens is 1. The highest BCUT2D eigenvalue weighted by molar-refractivity contribution is 6.30. The number of nitrogens with one attached hydrogen (secondary N) is 1. The maximum Gasteiger partial charge on any atom is 0.343 e. The number of ether oxygens (including phenoxy) is 3. The summed E-state index contributed by atoms with van der Waals surface area (Å²) in [5, 5.41) is 4.47. The van der Waals surface area contributed by atoms with E-state index in [0.717, 1.165) is 11.1 Å². The largest absolute Gasteiger partial charge is 0.493 e. The Balaban J connectivity index is 1.28. The van der Waals surface area contributed by atoms with E-state index in [1.807, 2.05) is 54.6 Å². The summed E-state index contributed by atoms with van der Waals surface area (Å²) in [5.41, 5.74) is 5.56. The number of nitrogens with zero attached hydrogens (tertiary/aromatic N) is 1. The van der Waals surface area contributed by atoms with Crippen molar-refractivity contribution in [2.45, 2.75) is 0 Å². The minimum Gasteiger partial charge on any atom is -0.493 e. The van der Waals surface area contributed by atoms with Crippen LogP contribution >= 0.6 is 11.6 Å². The number of esters is 1. The van der Waals surface area contributed by atoms with Crippen molar-refractivity contribution < 1.29 is 23.8 Å². The topological polar surface area (TPSA) is 86.2 Å². The molecule has 0 saturated heterocycles. The zero-order chi connectivity index (χ0) is 26.0. The summed E-state index contributed by atoms with van der Waals surface area (Å²) in [7, 11) is 1.46. The Morgan fingerprint density at radius 2 is 1.57 bits per heavy atom. The van der Waals surface area contributed by atoms with Crippen LogP contribution in [-0.2, 0) is 4.79 Å². The highest BCUT2D eigenvalue weighted by Gasteiger charge is 2.13. The highest BCUT2D eigenvalue weighted by atomic mass is 35.5. The number of rotatable bonds is 9. The van der Waals surface area contributed by atoms with Gasteiger partial charge in [-0.05, 0) is 71.3 Å². The molecule has 0 heterocycles. The van der Waals surface area contributed by atoms with Gasteiger partial charge in [-0.25, -0.2) is 10.2 Å². The van der Waals surface area contributed by atoms with Gasteiger partial charge in [0.2, 0.25) is 0 Å².